The van der Waals surface area contributed by atoms with Gasteiger partial charge in [-0.3, -0.25) is 4.79 Å². The molecule has 166 valence electrons. The first-order valence-corrected chi connectivity index (χ1v) is 10.7. The van der Waals surface area contributed by atoms with Gasteiger partial charge < -0.3 is 18.9 Å². The highest BCUT2D eigenvalue weighted by Crippen LogP contribution is 2.30. The summed E-state index contributed by atoms with van der Waals surface area (Å²) >= 11 is 6.05. The lowest BCUT2D eigenvalue weighted by atomic mass is 10.1. The number of nitrogens with zero attached hydrogens (tertiary/aromatic N) is 4. The van der Waals surface area contributed by atoms with Crippen LogP contribution in [0.1, 0.15) is 36.7 Å². The van der Waals surface area contributed by atoms with Crippen molar-refractivity contribution in [3.05, 3.63) is 76.8 Å². The van der Waals surface area contributed by atoms with Gasteiger partial charge in [0, 0.05) is 12.4 Å². The number of carbonyl (C=O) groups excluding carboxylic acids is 1. The summed E-state index contributed by atoms with van der Waals surface area (Å²) in [7, 11) is 1.62. The van der Waals surface area contributed by atoms with E-state index in [1.54, 1.807) is 36.7 Å². The number of amides is 1. The number of pyridine rings is 1. The molecule has 7 nitrogen and oxygen atoms in total. The van der Waals surface area contributed by atoms with Gasteiger partial charge >= 0.3 is 0 Å². The highest BCUT2D eigenvalue weighted by molar-refractivity contribution is 6.29. The average Bonchev–Trinajstić information content (AvgIpc) is 3.21. The molecule has 3 heterocycles. The molecular weight excluding hydrogens is 428 g/mol. The molecule has 0 unspecified atom stereocenters. The summed E-state index contributed by atoms with van der Waals surface area (Å²) in [6, 6.07) is 9.22. The Labute approximate surface area is 192 Å². The zero-order valence-corrected chi connectivity index (χ0v) is 19.2. The van der Waals surface area contributed by atoms with Gasteiger partial charge in [-0.1, -0.05) is 17.7 Å². The smallest absolute Gasteiger partial charge is 0.289 e. The maximum absolute atomic E-state index is 13.3. The quantitative estimate of drug-likeness (QED) is 0.418. The number of imidazole rings is 1. The van der Waals surface area contributed by atoms with Crippen LogP contribution in [-0.4, -0.2) is 45.1 Å². The topological polar surface area (TPSA) is 69.5 Å². The Morgan fingerprint density at radius 2 is 2.09 bits per heavy atom. The molecule has 0 aliphatic carbocycles. The molecule has 1 saturated heterocycles. The summed E-state index contributed by atoms with van der Waals surface area (Å²) in [6.45, 7) is 6.34. The maximum Gasteiger partial charge on any atom is 0.289 e. The van der Waals surface area contributed by atoms with Crippen LogP contribution in [0, 0.1) is 6.92 Å². The van der Waals surface area contributed by atoms with Crippen molar-refractivity contribution in [3.8, 4) is 11.4 Å². The Kier molecular flexibility index (Phi) is 6.19. The molecule has 0 bridgehead atoms. The van der Waals surface area contributed by atoms with Crippen LogP contribution in [0.25, 0.3) is 11.8 Å². The summed E-state index contributed by atoms with van der Waals surface area (Å²) in [6.07, 6.45) is 6.92. The lowest BCUT2D eigenvalue weighted by Gasteiger charge is -2.37. The Balaban J connectivity index is 1.63. The third-order valence-corrected chi connectivity index (χ3v) is 5.65. The van der Waals surface area contributed by atoms with Crippen LogP contribution in [0.4, 0.5) is 0 Å². The minimum atomic E-state index is -0.170. The van der Waals surface area contributed by atoms with Crippen LogP contribution in [0.2, 0.25) is 5.15 Å². The van der Waals surface area contributed by atoms with Gasteiger partial charge in [0.25, 0.3) is 5.91 Å². The second-order valence-electron chi connectivity index (χ2n) is 7.84. The molecule has 3 aromatic rings. The highest BCUT2D eigenvalue weighted by Gasteiger charge is 2.33. The zero-order chi connectivity index (χ0) is 22.8. The Bertz CT molecular complexity index is 1170. The summed E-state index contributed by atoms with van der Waals surface area (Å²) in [5.41, 5.74) is 3.51. The number of benzene rings is 1. The Hall–Kier alpha value is -3.32. The van der Waals surface area contributed by atoms with Gasteiger partial charge in [-0.2, -0.15) is 0 Å². The lowest BCUT2D eigenvalue weighted by molar-refractivity contribution is -0.141. The van der Waals surface area contributed by atoms with E-state index >= 15 is 0 Å². The fourth-order valence-electron chi connectivity index (χ4n) is 3.79. The number of rotatable bonds is 5. The van der Waals surface area contributed by atoms with Crippen molar-refractivity contribution in [2.45, 2.75) is 32.9 Å². The summed E-state index contributed by atoms with van der Waals surface area (Å²) in [5.74, 6) is 0.797. The molecule has 0 spiro atoms. The van der Waals surface area contributed by atoms with Crippen molar-refractivity contribution < 1.29 is 14.3 Å². The van der Waals surface area contributed by atoms with Gasteiger partial charge in [0.15, 0.2) is 5.76 Å². The maximum atomic E-state index is 13.3. The van der Waals surface area contributed by atoms with Crippen molar-refractivity contribution in [1.82, 2.24) is 19.4 Å². The van der Waals surface area contributed by atoms with E-state index in [2.05, 4.69) is 9.97 Å². The molecule has 1 amide bonds. The van der Waals surface area contributed by atoms with E-state index in [9.17, 15) is 4.79 Å². The number of aromatic nitrogens is 3. The zero-order valence-electron chi connectivity index (χ0n) is 18.4. The normalized spacial score (nSPS) is 18.5. The number of morpholine rings is 1. The molecule has 32 heavy (non-hydrogen) atoms. The fourth-order valence-corrected chi connectivity index (χ4v) is 3.98. The molecule has 2 atom stereocenters. The minimum Gasteiger partial charge on any atom is -0.495 e. The molecule has 4 rings (SSSR count). The van der Waals surface area contributed by atoms with Crippen molar-refractivity contribution >= 4 is 23.6 Å². The van der Waals surface area contributed by atoms with Crippen LogP contribution in [0.5, 0.6) is 5.75 Å². The SMILES string of the molecule is COc1cc(C=C2O[C@@H](C)CN([C@@H](C)c3ccnc(Cl)c3)C2=O)ccc1-n1cnc(C)c1. The van der Waals surface area contributed by atoms with E-state index in [1.807, 2.05) is 55.8 Å². The molecule has 1 aliphatic heterocycles. The number of methoxy groups -OCH3 is 1. The molecule has 0 radical (unpaired) electrons. The number of ether oxygens (including phenoxy) is 2. The third-order valence-electron chi connectivity index (χ3n) is 5.45. The average molecular weight is 453 g/mol. The van der Waals surface area contributed by atoms with E-state index < -0.39 is 0 Å². The van der Waals surface area contributed by atoms with Crippen LogP contribution in [0.3, 0.4) is 0 Å². The number of halogens is 1. The van der Waals surface area contributed by atoms with Gasteiger partial charge in [0.05, 0.1) is 37.4 Å². The predicted molar refractivity (Wildman–Crippen MR) is 123 cm³/mol. The van der Waals surface area contributed by atoms with Gasteiger partial charge in [0.2, 0.25) is 0 Å². The standard InChI is InChI=1S/C24H25ClN4O3/c1-15-12-28(14-27-15)20-6-5-18(9-21(20)31-4)10-22-24(30)29(13-16(2)32-22)17(3)19-7-8-26-23(25)11-19/h5-12,14,16-17H,13H2,1-4H3/t16-,17-/m0/s1. The molecule has 2 aromatic heterocycles. The van der Waals surface area contributed by atoms with Crippen LogP contribution >= 0.6 is 11.6 Å². The van der Waals surface area contributed by atoms with E-state index in [0.29, 0.717) is 23.2 Å². The lowest BCUT2D eigenvalue weighted by Crippen LogP contribution is -2.45. The monoisotopic (exact) mass is 452 g/mol. The van der Waals surface area contributed by atoms with Gasteiger partial charge in [0.1, 0.15) is 17.0 Å². The molecule has 8 heteroatoms. The number of hydrogen-bond donors (Lipinski definition) is 0. The predicted octanol–water partition coefficient (Wildman–Crippen LogP) is 4.59. The van der Waals surface area contributed by atoms with Crippen molar-refractivity contribution in [3.63, 3.8) is 0 Å². The molecular formula is C24H25ClN4O3. The summed E-state index contributed by atoms with van der Waals surface area (Å²) in [5, 5.41) is 0.402. The summed E-state index contributed by atoms with van der Waals surface area (Å²) < 4.78 is 13.4. The van der Waals surface area contributed by atoms with Crippen molar-refractivity contribution in [1.29, 1.82) is 0 Å². The number of hydrogen-bond acceptors (Lipinski definition) is 5. The minimum absolute atomic E-state index is 0.145. The largest absolute Gasteiger partial charge is 0.495 e. The Morgan fingerprint density at radius 3 is 2.78 bits per heavy atom. The van der Waals surface area contributed by atoms with E-state index in [1.165, 1.54) is 0 Å². The Morgan fingerprint density at radius 1 is 1.28 bits per heavy atom. The molecule has 1 aromatic carbocycles. The van der Waals surface area contributed by atoms with Crippen molar-refractivity contribution in [2.75, 3.05) is 13.7 Å². The van der Waals surface area contributed by atoms with Crippen LogP contribution in [-0.2, 0) is 9.53 Å². The van der Waals surface area contributed by atoms with Crippen molar-refractivity contribution in [2.24, 2.45) is 0 Å². The van der Waals surface area contributed by atoms with Gasteiger partial charge in [-0.15, -0.1) is 0 Å². The first kappa shape index (κ1) is 21.9. The molecule has 1 fully saturated rings. The van der Waals surface area contributed by atoms with Crippen LogP contribution < -0.4 is 4.74 Å². The second kappa shape index (κ2) is 9.04. The number of aryl methyl sites for hydroxylation is 1. The van der Waals surface area contributed by atoms with E-state index in [-0.39, 0.29) is 18.1 Å². The first-order chi connectivity index (χ1) is 15.4. The summed E-state index contributed by atoms with van der Waals surface area (Å²) in [4.78, 5) is 23.4. The highest BCUT2D eigenvalue weighted by atomic mass is 35.5. The third kappa shape index (κ3) is 4.48. The van der Waals surface area contributed by atoms with Gasteiger partial charge in [-0.25, -0.2) is 9.97 Å². The molecule has 0 N–H and O–H groups in total. The van der Waals surface area contributed by atoms with Crippen LogP contribution in [0.15, 0.2) is 54.8 Å². The molecule has 1 aliphatic rings. The number of carbonyl (C=O) groups is 1. The fraction of sp³-hybridized carbons (Fsp3) is 0.292. The molecule has 0 saturated carbocycles. The second-order valence-corrected chi connectivity index (χ2v) is 8.22. The first-order valence-electron chi connectivity index (χ1n) is 10.4. The van der Waals surface area contributed by atoms with E-state index in [0.717, 1.165) is 22.5 Å². The van der Waals surface area contributed by atoms with E-state index in [4.69, 9.17) is 21.1 Å². The van der Waals surface area contributed by atoms with Gasteiger partial charge in [-0.05, 0) is 62.2 Å².